The molecule has 0 saturated heterocycles. The molecule has 0 saturated carbocycles. The average Bonchev–Trinajstić information content (AvgIpc) is 2.34. The molecule has 1 atom stereocenters. The Kier molecular flexibility index (Phi) is 10.5. The highest BCUT2D eigenvalue weighted by molar-refractivity contribution is 5.67. The molecule has 0 radical (unpaired) electrons. The zero-order chi connectivity index (χ0) is 15.4. The molecule has 0 bridgehead atoms. The number of rotatable bonds is 10. The summed E-state index contributed by atoms with van der Waals surface area (Å²) in [5.74, 6) is 0. The van der Waals surface area contributed by atoms with E-state index in [4.69, 9.17) is 4.74 Å². The van der Waals surface area contributed by atoms with Crippen LogP contribution in [0.1, 0.15) is 73.1 Å². The zero-order valence-electron chi connectivity index (χ0n) is 14.1. The summed E-state index contributed by atoms with van der Waals surface area (Å²) in [5, 5.41) is 6.40. The maximum absolute atomic E-state index is 11.7. The molecule has 20 heavy (non-hydrogen) atoms. The van der Waals surface area contributed by atoms with Crippen LogP contribution in [0.3, 0.4) is 0 Å². The van der Waals surface area contributed by atoms with E-state index in [1.54, 1.807) is 0 Å². The SMILES string of the molecule is CCCCCNC(CCCC)CNC(=O)OC(C)(C)C. The Balaban J connectivity index is 3.98. The predicted octanol–water partition coefficient (Wildman–Crippen LogP) is 3.85. The molecule has 0 aliphatic rings. The Bertz CT molecular complexity index is 249. The second-order valence-corrected chi connectivity index (χ2v) is 6.38. The predicted molar refractivity (Wildman–Crippen MR) is 85.1 cm³/mol. The molecule has 0 aliphatic heterocycles. The molecule has 2 N–H and O–H groups in total. The summed E-state index contributed by atoms with van der Waals surface area (Å²) in [5.41, 5.74) is -0.433. The van der Waals surface area contributed by atoms with Crippen molar-refractivity contribution in [2.75, 3.05) is 13.1 Å². The van der Waals surface area contributed by atoms with Gasteiger partial charge in [0.05, 0.1) is 0 Å². The fourth-order valence-corrected chi connectivity index (χ4v) is 1.93. The third-order valence-electron chi connectivity index (χ3n) is 3.01. The Hall–Kier alpha value is -0.770. The molecule has 0 aromatic heterocycles. The van der Waals surface area contributed by atoms with E-state index in [-0.39, 0.29) is 6.09 Å². The maximum Gasteiger partial charge on any atom is 0.407 e. The van der Waals surface area contributed by atoms with Crippen LogP contribution in [0.2, 0.25) is 0 Å². The Morgan fingerprint density at radius 1 is 1.10 bits per heavy atom. The van der Waals surface area contributed by atoms with Crippen LogP contribution in [0, 0.1) is 0 Å². The van der Waals surface area contributed by atoms with E-state index in [0.29, 0.717) is 12.6 Å². The molecule has 0 fully saturated rings. The lowest BCUT2D eigenvalue weighted by Crippen LogP contribution is -2.43. The van der Waals surface area contributed by atoms with Crippen LogP contribution < -0.4 is 10.6 Å². The van der Waals surface area contributed by atoms with Gasteiger partial charge in [0.25, 0.3) is 0 Å². The molecule has 1 amide bonds. The van der Waals surface area contributed by atoms with Crippen molar-refractivity contribution in [3.8, 4) is 0 Å². The molecule has 0 aromatic carbocycles. The number of unbranched alkanes of at least 4 members (excludes halogenated alkanes) is 3. The summed E-state index contributed by atoms with van der Waals surface area (Å²) in [6, 6.07) is 0.347. The summed E-state index contributed by atoms with van der Waals surface area (Å²) in [6.45, 7) is 11.7. The van der Waals surface area contributed by atoms with Gasteiger partial charge in [-0.3, -0.25) is 0 Å². The van der Waals surface area contributed by atoms with Crippen molar-refractivity contribution < 1.29 is 9.53 Å². The summed E-state index contributed by atoms with van der Waals surface area (Å²) >= 11 is 0. The number of nitrogens with one attached hydrogen (secondary N) is 2. The fourth-order valence-electron chi connectivity index (χ4n) is 1.93. The van der Waals surface area contributed by atoms with Crippen molar-refractivity contribution in [2.45, 2.75) is 84.8 Å². The molecular formula is C16H34N2O2. The second kappa shape index (κ2) is 11.0. The van der Waals surface area contributed by atoms with Gasteiger partial charge in [0.2, 0.25) is 0 Å². The van der Waals surface area contributed by atoms with Crippen LogP contribution in [0.4, 0.5) is 4.79 Å². The highest BCUT2D eigenvalue weighted by Crippen LogP contribution is 2.07. The van der Waals surface area contributed by atoms with E-state index in [1.165, 1.54) is 32.1 Å². The van der Waals surface area contributed by atoms with Gasteiger partial charge in [-0.15, -0.1) is 0 Å². The van der Waals surface area contributed by atoms with Gasteiger partial charge in [-0.1, -0.05) is 39.5 Å². The van der Waals surface area contributed by atoms with E-state index in [0.717, 1.165) is 13.0 Å². The number of carbonyl (C=O) groups excluding carboxylic acids is 1. The van der Waals surface area contributed by atoms with E-state index in [2.05, 4.69) is 24.5 Å². The summed E-state index contributed by atoms with van der Waals surface area (Å²) in [7, 11) is 0. The maximum atomic E-state index is 11.7. The quantitative estimate of drug-likeness (QED) is 0.600. The van der Waals surface area contributed by atoms with E-state index in [9.17, 15) is 4.79 Å². The van der Waals surface area contributed by atoms with E-state index < -0.39 is 5.60 Å². The molecule has 4 nitrogen and oxygen atoms in total. The van der Waals surface area contributed by atoms with Gasteiger partial charge >= 0.3 is 6.09 Å². The normalized spacial score (nSPS) is 13.1. The number of hydrogen-bond acceptors (Lipinski definition) is 3. The van der Waals surface area contributed by atoms with Crippen molar-refractivity contribution >= 4 is 6.09 Å². The number of hydrogen-bond donors (Lipinski definition) is 2. The van der Waals surface area contributed by atoms with Gasteiger partial charge in [0, 0.05) is 12.6 Å². The lowest BCUT2D eigenvalue weighted by atomic mass is 10.1. The van der Waals surface area contributed by atoms with Gasteiger partial charge in [-0.2, -0.15) is 0 Å². The lowest BCUT2D eigenvalue weighted by molar-refractivity contribution is 0.0521. The summed E-state index contributed by atoms with van der Waals surface area (Å²) in [4.78, 5) is 11.7. The topological polar surface area (TPSA) is 50.4 Å². The van der Waals surface area contributed by atoms with Gasteiger partial charge in [0.15, 0.2) is 0 Å². The number of alkyl carbamates (subject to hydrolysis) is 1. The van der Waals surface area contributed by atoms with Gasteiger partial charge in [0.1, 0.15) is 5.60 Å². The minimum atomic E-state index is -0.433. The summed E-state index contributed by atoms with van der Waals surface area (Å²) in [6.07, 6.45) is 6.82. The zero-order valence-corrected chi connectivity index (χ0v) is 14.1. The third kappa shape index (κ3) is 12.3. The van der Waals surface area contributed by atoms with Gasteiger partial charge < -0.3 is 15.4 Å². The Morgan fingerprint density at radius 2 is 1.75 bits per heavy atom. The van der Waals surface area contributed by atoms with Crippen molar-refractivity contribution in [1.29, 1.82) is 0 Å². The summed E-state index contributed by atoms with van der Waals surface area (Å²) < 4.78 is 5.26. The van der Waals surface area contributed by atoms with Crippen molar-refractivity contribution in [3.63, 3.8) is 0 Å². The molecule has 120 valence electrons. The average molecular weight is 286 g/mol. The van der Waals surface area contributed by atoms with Crippen molar-refractivity contribution in [1.82, 2.24) is 10.6 Å². The number of amides is 1. The standard InChI is InChI=1S/C16H34N2O2/c1-6-8-10-12-17-14(11-9-7-2)13-18-15(19)20-16(3,4)5/h14,17H,6-13H2,1-5H3,(H,18,19). The Labute approximate surface area is 125 Å². The molecular weight excluding hydrogens is 252 g/mol. The van der Waals surface area contributed by atoms with Crippen LogP contribution in [0.5, 0.6) is 0 Å². The van der Waals surface area contributed by atoms with E-state index in [1.807, 2.05) is 20.8 Å². The minimum absolute atomic E-state index is 0.325. The fraction of sp³-hybridized carbons (Fsp3) is 0.938. The van der Waals surface area contributed by atoms with Crippen LogP contribution in [0.25, 0.3) is 0 Å². The molecule has 0 aliphatic carbocycles. The number of ether oxygens (including phenoxy) is 1. The molecule has 0 heterocycles. The molecule has 0 rings (SSSR count). The molecule has 0 spiro atoms. The highest BCUT2D eigenvalue weighted by Gasteiger charge is 2.17. The number of carbonyl (C=O) groups is 1. The smallest absolute Gasteiger partial charge is 0.407 e. The first-order valence-electron chi connectivity index (χ1n) is 8.09. The van der Waals surface area contributed by atoms with Crippen LogP contribution in [-0.4, -0.2) is 30.8 Å². The van der Waals surface area contributed by atoms with Gasteiger partial charge in [-0.05, 0) is 40.2 Å². The monoisotopic (exact) mass is 286 g/mol. The van der Waals surface area contributed by atoms with Crippen molar-refractivity contribution in [2.24, 2.45) is 0 Å². The highest BCUT2D eigenvalue weighted by atomic mass is 16.6. The molecule has 1 unspecified atom stereocenters. The first-order valence-corrected chi connectivity index (χ1v) is 8.09. The third-order valence-corrected chi connectivity index (χ3v) is 3.01. The second-order valence-electron chi connectivity index (χ2n) is 6.38. The van der Waals surface area contributed by atoms with Gasteiger partial charge in [-0.25, -0.2) is 4.79 Å². The molecule has 4 heteroatoms. The van der Waals surface area contributed by atoms with Crippen molar-refractivity contribution in [3.05, 3.63) is 0 Å². The minimum Gasteiger partial charge on any atom is -0.444 e. The first-order chi connectivity index (χ1) is 9.39. The van der Waals surface area contributed by atoms with Crippen LogP contribution in [-0.2, 0) is 4.74 Å². The molecule has 0 aromatic rings. The Morgan fingerprint density at radius 3 is 2.30 bits per heavy atom. The van der Waals surface area contributed by atoms with Crippen LogP contribution in [0.15, 0.2) is 0 Å². The van der Waals surface area contributed by atoms with E-state index >= 15 is 0 Å². The largest absolute Gasteiger partial charge is 0.444 e. The first kappa shape index (κ1) is 19.2. The lowest BCUT2D eigenvalue weighted by Gasteiger charge is -2.22. The van der Waals surface area contributed by atoms with Crippen LogP contribution >= 0.6 is 0 Å².